The van der Waals surface area contributed by atoms with E-state index in [0.29, 0.717) is 19.5 Å². The highest BCUT2D eigenvalue weighted by molar-refractivity contribution is 5.77. The summed E-state index contributed by atoms with van der Waals surface area (Å²) in [6, 6.07) is 14.4. The fourth-order valence-corrected chi connectivity index (χ4v) is 4.34. The number of amides is 1. The van der Waals surface area contributed by atoms with E-state index in [0.717, 1.165) is 30.3 Å². The molecule has 0 atom stereocenters. The van der Waals surface area contributed by atoms with Crippen LogP contribution in [0.25, 0.3) is 11.0 Å². The minimum atomic E-state index is -0.0548. The molecule has 0 saturated carbocycles. The Kier molecular flexibility index (Phi) is 5.07. The van der Waals surface area contributed by atoms with Crippen LogP contribution in [0.15, 0.2) is 47.3 Å². The quantitative estimate of drug-likeness (QED) is 0.753. The monoisotopic (exact) mass is 377 g/mol. The van der Waals surface area contributed by atoms with E-state index >= 15 is 0 Å². The first-order valence-electron chi connectivity index (χ1n) is 10.1. The number of aryl methyl sites for hydroxylation is 3. The first-order chi connectivity index (χ1) is 13.5. The lowest BCUT2D eigenvalue weighted by Crippen LogP contribution is -2.40. The third kappa shape index (κ3) is 3.61. The van der Waals surface area contributed by atoms with Gasteiger partial charge in [0.2, 0.25) is 5.91 Å². The van der Waals surface area contributed by atoms with Gasteiger partial charge in [0, 0.05) is 25.6 Å². The zero-order valence-electron chi connectivity index (χ0n) is 16.6. The molecular weight excluding hydrogens is 350 g/mol. The number of nitrogens with zero attached hydrogens (tertiary/aromatic N) is 2. The summed E-state index contributed by atoms with van der Waals surface area (Å²) in [5, 5.41) is 0. The lowest BCUT2D eigenvalue weighted by atomic mass is 10.00. The summed E-state index contributed by atoms with van der Waals surface area (Å²) >= 11 is 0. The van der Waals surface area contributed by atoms with E-state index in [-0.39, 0.29) is 17.6 Å². The first kappa shape index (κ1) is 18.5. The van der Waals surface area contributed by atoms with E-state index in [1.807, 2.05) is 33.7 Å². The molecule has 4 rings (SSSR count). The Balaban J connectivity index is 1.37. The van der Waals surface area contributed by atoms with Gasteiger partial charge >= 0.3 is 5.69 Å². The lowest BCUT2D eigenvalue weighted by molar-refractivity contribution is -0.132. The first-order valence-corrected chi connectivity index (χ1v) is 10.1. The molecule has 2 aromatic carbocycles. The van der Waals surface area contributed by atoms with E-state index in [1.165, 1.54) is 16.7 Å². The topological polar surface area (TPSA) is 58.1 Å². The van der Waals surface area contributed by atoms with Crippen molar-refractivity contribution in [3.8, 4) is 0 Å². The standard InChI is InChI=1S/C23H27N3O2/c1-16-7-8-18(17(2)15-16)9-10-22(27)25-13-11-19(12-14-25)26-21-6-4-3-5-20(21)24-23(26)28/h3-8,15,19H,9-14H2,1-2H3,(H,24,28). The SMILES string of the molecule is Cc1ccc(CCC(=O)N2CCC(n3c(=O)[nH]c4ccccc43)CC2)c(C)c1. The molecule has 3 aromatic rings. The van der Waals surface area contributed by atoms with E-state index in [1.54, 1.807) is 0 Å². The summed E-state index contributed by atoms with van der Waals surface area (Å²) in [4.78, 5) is 30.0. The number of fused-ring (bicyclic) bond motifs is 1. The van der Waals surface area contributed by atoms with Crippen molar-refractivity contribution in [2.45, 2.75) is 45.6 Å². The van der Waals surface area contributed by atoms with Crippen LogP contribution in [0.1, 0.15) is 42.0 Å². The van der Waals surface area contributed by atoms with Gasteiger partial charge in [-0.05, 0) is 56.4 Å². The highest BCUT2D eigenvalue weighted by Crippen LogP contribution is 2.25. The van der Waals surface area contributed by atoms with Gasteiger partial charge < -0.3 is 9.88 Å². The second-order valence-corrected chi connectivity index (χ2v) is 7.86. The number of nitrogens with one attached hydrogen (secondary N) is 1. The molecule has 0 spiro atoms. The minimum Gasteiger partial charge on any atom is -0.343 e. The predicted molar refractivity (Wildman–Crippen MR) is 112 cm³/mol. The number of para-hydroxylation sites is 2. The van der Waals surface area contributed by atoms with Crippen LogP contribution >= 0.6 is 0 Å². The maximum Gasteiger partial charge on any atom is 0.326 e. The van der Waals surface area contributed by atoms with Crippen molar-refractivity contribution in [2.75, 3.05) is 13.1 Å². The average Bonchev–Trinajstić information content (AvgIpc) is 3.03. The van der Waals surface area contributed by atoms with Crippen LogP contribution in [-0.2, 0) is 11.2 Å². The van der Waals surface area contributed by atoms with Gasteiger partial charge in [-0.25, -0.2) is 4.79 Å². The number of aromatic nitrogens is 2. The van der Waals surface area contributed by atoms with Crippen LogP contribution in [0, 0.1) is 13.8 Å². The van der Waals surface area contributed by atoms with Crippen LogP contribution < -0.4 is 5.69 Å². The van der Waals surface area contributed by atoms with Crippen molar-refractivity contribution >= 4 is 16.9 Å². The molecule has 1 aromatic heterocycles. The second kappa shape index (κ2) is 7.66. The fourth-order valence-electron chi connectivity index (χ4n) is 4.34. The molecule has 1 fully saturated rings. The average molecular weight is 377 g/mol. The molecule has 0 bridgehead atoms. The predicted octanol–water partition coefficient (Wildman–Crippen LogP) is 3.74. The molecule has 1 N–H and O–H groups in total. The van der Waals surface area contributed by atoms with Crippen LogP contribution in [0.2, 0.25) is 0 Å². The van der Waals surface area contributed by atoms with E-state index < -0.39 is 0 Å². The summed E-state index contributed by atoms with van der Waals surface area (Å²) in [6.45, 7) is 5.62. The molecule has 1 aliphatic rings. The number of hydrogen-bond acceptors (Lipinski definition) is 2. The van der Waals surface area contributed by atoms with Crippen LogP contribution in [0.3, 0.4) is 0 Å². The normalized spacial score (nSPS) is 15.3. The summed E-state index contributed by atoms with van der Waals surface area (Å²) in [5.74, 6) is 0.213. The molecular formula is C23H27N3O2. The highest BCUT2D eigenvalue weighted by atomic mass is 16.2. The Morgan fingerprint density at radius 1 is 1.11 bits per heavy atom. The van der Waals surface area contributed by atoms with Gasteiger partial charge in [0.05, 0.1) is 11.0 Å². The summed E-state index contributed by atoms with van der Waals surface area (Å²) in [7, 11) is 0. The molecule has 0 unspecified atom stereocenters. The molecule has 5 heteroatoms. The smallest absolute Gasteiger partial charge is 0.326 e. The zero-order chi connectivity index (χ0) is 19.7. The number of piperidine rings is 1. The maximum atomic E-state index is 12.7. The minimum absolute atomic E-state index is 0.0548. The fraction of sp³-hybridized carbons (Fsp3) is 0.391. The Hall–Kier alpha value is -2.82. The number of H-pyrrole nitrogens is 1. The number of hydrogen-bond donors (Lipinski definition) is 1. The van der Waals surface area contributed by atoms with Crippen LogP contribution in [0.5, 0.6) is 0 Å². The summed E-state index contributed by atoms with van der Waals surface area (Å²) in [5.41, 5.74) is 5.53. The van der Waals surface area contributed by atoms with Crippen molar-refractivity contribution in [1.82, 2.24) is 14.5 Å². The zero-order valence-corrected chi connectivity index (χ0v) is 16.6. The van der Waals surface area contributed by atoms with Gasteiger partial charge in [0.15, 0.2) is 0 Å². The highest BCUT2D eigenvalue weighted by Gasteiger charge is 2.25. The molecule has 146 valence electrons. The second-order valence-electron chi connectivity index (χ2n) is 7.86. The summed E-state index contributed by atoms with van der Waals surface area (Å²) in [6.07, 6.45) is 2.96. The molecule has 0 aliphatic carbocycles. The van der Waals surface area contributed by atoms with Crippen molar-refractivity contribution in [1.29, 1.82) is 0 Å². The number of likely N-dealkylation sites (tertiary alicyclic amines) is 1. The number of carbonyl (C=O) groups is 1. The van der Waals surface area contributed by atoms with Gasteiger partial charge in [-0.3, -0.25) is 9.36 Å². The van der Waals surface area contributed by atoms with E-state index in [4.69, 9.17) is 0 Å². The van der Waals surface area contributed by atoms with E-state index in [2.05, 4.69) is 37.0 Å². The Morgan fingerprint density at radius 2 is 1.86 bits per heavy atom. The Morgan fingerprint density at radius 3 is 2.61 bits per heavy atom. The van der Waals surface area contributed by atoms with Crippen molar-refractivity contribution in [3.63, 3.8) is 0 Å². The van der Waals surface area contributed by atoms with E-state index in [9.17, 15) is 9.59 Å². The number of aromatic amines is 1. The van der Waals surface area contributed by atoms with Crippen LogP contribution in [0.4, 0.5) is 0 Å². The Labute approximate surface area is 165 Å². The third-order valence-corrected chi connectivity index (χ3v) is 5.91. The molecule has 1 saturated heterocycles. The Bertz CT molecular complexity index is 1060. The number of benzene rings is 2. The van der Waals surface area contributed by atoms with Gasteiger partial charge in [-0.15, -0.1) is 0 Å². The van der Waals surface area contributed by atoms with Gasteiger partial charge in [0.1, 0.15) is 0 Å². The van der Waals surface area contributed by atoms with Gasteiger partial charge in [-0.2, -0.15) is 0 Å². The number of rotatable bonds is 4. The molecule has 1 amide bonds. The van der Waals surface area contributed by atoms with Crippen LogP contribution in [-0.4, -0.2) is 33.4 Å². The molecule has 1 aliphatic heterocycles. The third-order valence-electron chi connectivity index (χ3n) is 5.91. The lowest BCUT2D eigenvalue weighted by Gasteiger charge is -2.32. The molecule has 28 heavy (non-hydrogen) atoms. The van der Waals surface area contributed by atoms with Crippen molar-refractivity contribution in [2.24, 2.45) is 0 Å². The number of imidazole rings is 1. The summed E-state index contributed by atoms with van der Waals surface area (Å²) < 4.78 is 1.87. The molecule has 0 radical (unpaired) electrons. The van der Waals surface area contributed by atoms with Gasteiger partial charge in [-0.1, -0.05) is 35.9 Å². The largest absolute Gasteiger partial charge is 0.343 e. The van der Waals surface area contributed by atoms with Crippen molar-refractivity contribution < 1.29 is 4.79 Å². The molecule has 5 nitrogen and oxygen atoms in total. The maximum absolute atomic E-state index is 12.7. The molecule has 2 heterocycles. The van der Waals surface area contributed by atoms with Gasteiger partial charge in [0.25, 0.3) is 0 Å². The number of carbonyl (C=O) groups excluding carboxylic acids is 1. The van der Waals surface area contributed by atoms with Crippen molar-refractivity contribution in [3.05, 3.63) is 69.6 Å².